The van der Waals surface area contributed by atoms with E-state index in [2.05, 4.69) is 11.4 Å². The third-order valence-corrected chi connectivity index (χ3v) is 5.06. The van der Waals surface area contributed by atoms with Gasteiger partial charge in [-0.2, -0.15) is 0 Å². The molecule has 0 bridgehead atoms. The van der Waals surface area contributed by atoms with Crippen molar-refractivity contribution >= 4 is 13.0 Å². The Balaban J connectivity index is 0. The normalized spacial score (nSPS) is 13.0. The van der Waals surface area contributed by atoms with Gasteiger partial charge in [0.25, 0.3) is 5.91 Å². The topological polar surface area (TPSA) is 69.6 Å². The molecule has 1 atom stereocenters. The number of nitrogens with one attached hydrogen (secondary N) is 1. The number of unbranched alkanes of at least 4 members (excludes halogenated alkanes) is 1. The molecule has 0 spiro atoms. The molecule has 0 aromatic carbocycles. The molecule has 0 rings (SSSR count). The molecular weight excluding hydrogens is 311 g/mol. The van der Waals surface area contributed by atoms with Crippen LogP contribution in [0.25, 0.3) is 0 Å². The smallest absolute Gasteiger partial charge is 0.259 e. The van der Waals surface area contributed by atoms with Crippen LogP contribution in [-0.4, -0.2) is 48.4 Å². The lowest BCUT2D eigenvalue weighted by atomic mass is 10.2. The Morgan fingerprint density at radius 2 is 1.91 bits per heavy atom. The SMILES string of the molecule is C/C=C\C=C/CCCC(NCC(=O)N(O)CC)P(C)(C)=O.CC. The molecule has 5 nitrogen and oxygen atoms in total. The first-order valence-corrected chi connectivity index (χ1v) is 11.0. The van der Waals surface area contributed by atoms with Gasteiger partial charge in [-0.1, -0.05) is 38.2 Å². The minimum atomic E-state index is -2.33. The van der Waals surface area contributed by atoms with Crippen molar-refractivity contribution in [3.63, 3.8) is 0 Å². The van der Waals surface area contributed by atoms with E-state index in [1.165, 1.54) is 0 Å². The van der Waals surface area contributed by atoms with Crippen LogP contribution in [-0.2, 0) is 9.36 Å². The minimum absolute atomic E-state index is 0.00902. The second kappa shape index (κ2) is 14.7. The highest BCUT2D eigenvalue weighted by atomic mass is 31.2. The standard InChI is InChI=1S/C15H29N2O3P.C2H6/c1-5-7-8-9-10-11-12-14(21(3,4)20)16-13-15(18)17(19)6-2;1-2/h5,7-9,14,16,19H,6,10-13H2,1-4H3;1-2H3/b7-5-,9-8-;. The zero-order valence-corrected chi connectivity index (χ0v) is 16.5. The molecular formula is C17H35N2O3P. The fourth-order valence-electron chi connectivity index (χ4n) is 1.82. The van der Waals surface area contributed by atoms with E-state index in [-0.39, 0.29) is 18.9 Å². The number of likely N-dealkylation sites (N-methyl/N-ethyl adjacent to an activating group) is 1. The summed E-state index contributed by atoms with van der Waals surface area (Å²) in [6.45, 7) is 11.4. The van der Waals surface area contributed by atoms with Gasteiger partial charge >= 0.3 is 0 Å². The first-order chi connectivity index (χ1) is 10.8. The Labute approximate surface area is 142 Å². The van der Waals surface area contributed by atoms with Gasteiger partial charge in [0, 0.05) is 6.54 Å². The second-order valence-corrected chi connectivity index (χ2v) is 8.82. The Morgan fingerprint density at radius 1 is 1.30 bits per heavy atom. The van der Waals surface area contributed by atoms with E-state index < -0.39 is 13.0 Å². The summed E-state index contributed by atoms with van der Waals surface area (Å²) in [5, 5.41) is 13.0. The fourth-order valence-corrected chi connectivity index (χ4v) is 3.16. The molecule has 0 radical (unpaired) electrons. The van der Waals surface area contributed by atoms with Gasteiger partial charge in [-0.25, -0.2) is 5.06 Å². The van der Waals surface area contributed by atoms with Crippen molar-refractivity contribution in [3.05, 3.63) is 24.3 Å². The van der Waals surface area contributed by atoms with E-state index >= 15 is 0 Å². The number of hydrogen-bond donors (Lipinski definition) is 2. The lowest BCUT2D eigenvalue weighted by Gasteiger charge is -2.23. The average Bonchev–Trinajstić information content (AvgIpc) is 2.52. The summed E-state index contributed by atoms with van der Waals surface area (Å²) in [6, 6.07) is 0. The molecule has 0 saturated carbocycles. The molecule has 0 aliphatic carbocycles. The summed E-state index contributed by atoms with van der Waals surface area (Å²) in [4.78, 5) is 11.6. The maximum atomic E-state index is 12.3. The lowest BCUT2D eigenvalue weighted by molar-refractivity contribution is -0.163. The van der Waals surface area contributed by atoms with Crippen LogP contribution in [0, 0.1) is 0 Å². The quantitative estimate of drug-likeness (QED) is 0.205. The van der Waals surface area contributed by atoms with Crippen molar-refractivity contribution in [2.75, 3.05) is 26.4 Å². The van der Waals surface area contributed by atoms with Crippen LogP contribution in [0.15, 0.2) is 24.3 Å². The van der Waals surface area contributed by atoms with Crippen molar-refractivity contribution in [1.29, 1.82) is 0 Å². The van der Waals surface area contributed by atoms with Gasteiger partial charge in [-0.05, 0) is 46.4 Å². The van der Waals surface area contributed by atoms with Crippen molar-refractivity contribution in [1.82, 2.24) is 10.4 Å². The fraction of sp³-hybridized carbons (Fsp3) is 0.706. The van der Waals surface area contributed by atoms with Gasteiger partial charge in [-0.3, -0.25) is 15.3 Å². The van der Waals surface area contributed by atoms with E-state index in [0.717, 1.165) is 19.3 Å². The minimum Gasteiger partial charge on any atom is -0.323 e. The highest BCUT2D eigenvalue weighted by molar-refractivity contribution is 7.63. The highest BCUT2D eigenvalue weighted by Crippen LogP contribution is 2.43. The molecule has 2 N–H and O–H groups in total. The Hall–Kier alpha value is -0.900. The van der Waals surface area contributed by atoms with Crippen LogP contribution in [0.5, 0.6) is 0 Å². The van der Waals surface area contributed by atoms with Crippen LogP contribution >= 0.6 is 7.14 Å². The Kier molecular flexibility index (Phi) is 15.5. The number of hydroxylamine groups is 2. The molecule has 136 valence electrons. The molecule has 0 aromatic rings. The van der Waals surface area contributed by atoms with Crippen molar-refractivity contribution in [2.24, 2.45) is 0 Å². The summed E-state index contributed by atoms with van der Waals surface area (Å²) in [7, 11) is -2.33. The van der Waals surface area contributed by atoms with E-state index in [1.54, 1.807) is 20.3 Å². The predicted octanol–water partition coefficient (Wildman–Crippen LogP) is 4.09. The third-order valence-electron chi connectivity index (χ3n) is 3.11. The zero-order chi connectivity index (χ0) is 18.3. The number of nitrogens with zero attached hydrogens (tertiary/aromatic N) is 1. The van der Waals surface area contributed by atoms with E-state index in [1.807, 2.05) is 39.0 Å². The molecule has 0 heterocycles. The number of allylic oxidation sites excluding steroid dienone is 4. The number of carbonyl (C=O) groups is 1. The monoisotopic (exact) mass is 346 g/mol. The number of amides is 1. The molecule has 23 heavy (non-hydrogen) atoms. The maximum absolute atomic E-state index is 12.3. The Bertz CT molecular complexity index is 403. The molecule has 1 unspecified atom stereocenters. The summed E-state index contributed by atoms with van der Waals surface area (Å²) in [6.07, 6.45) is 10.6. The van der Waals surface area contributed by atoms with Gasteiger partial charge in [0.1, 0.15) is 0 Å². The number of rotatable bonds is 10. The second-order valence-electron chi connectivity index (χ2n) is 5.33. The summed E-state index contributed by atoms with van der Waals surface area (Å²) >= 11 is 0. The third kappa shape index (κ3) is 13.3. The van der Waals surface area contributed by atoms with Crippen molar-refractivity contribution in [2.45, 2.75) is 52.7 Å². The summed E-state index contributed by atoms with van der Waals surface area (Å²) in [5.74, 6) is -0.592. The van der Waals surface area contributed by atoms with Gasteiger partial charge in [-0.15, -0.1) is 0 Å². The number of carbonyl (C=O) groups excluding carboxylic acids is 1. The Morgan fingerprint density at radius 3 is 2.39 bits per heavy atom. The lowest BCUT2D eigenvalue weighted by Crippen LogP contribution is -2.40. The largest absolute Gasteiger partial charge is 0.323 e. The van der Waals surface area contributed by atoms with Gasteiger partial charge < -0.3 is 4.57 Å². The summed E-state index contributed by atoms with van der Waals surface area (Å²) in [5.41, 5.74) is 0. The molecule has 0 aromatic heterocycles. The first-order valence-electron chi connectivity index (χ1n) is 8.38. The first kappa shape index (κ1) is 24.4. The van der Waals surface area contributed by atoms with E-state index in [0.29, 0.717) is 5.06 Å². The molecule has 0 saturated heterocycles. The summed E-state index contributed by atoms with van der Waals surface area (Å²) < 4.78 is 12.3. The van der Waals surface area contributed by atoms with Crippen LogP contribution in [0.4, 0.5) is 0 Å². The van der Waals surface area contributed by atoms with Crippen LogP contribution in [0.3, 0.4) is 0 Å². The van der Waals surface area contributed by atoms with Crippen molar-refractivity contribution < 1.29 is 14.6 Å². The number of hydrogen-bond acceptors (Lipinski definition) is 4. The van der Waals surface area contributed by atoms with E-state index in [9.17, 15) is 14.6 Å². The average molecular weight is 346 g/mol. The van der Waals surface area contributed by atoms with Gasteiger partial charge in [0.05, 0.1) is 19.5 Å². The van der Waals surface area contributed by atoms with Crippen LogP contribution in [0.1, 0.15) is 47.0 Å². The molecule has 0 aliphatic heterocycles. The molecule has 0 fully saturated rings. The van der Waals surface area contributed by atoms with E-state index in [4.69, 9.17) is 0 Å². The maximum Gasteiger partial charge on any atom is 0.259 e. The van der Waals surface area contributed by atoms with Gasteiger partial charge in [0.15, 0.2) is 0 Å². The van der Waals surface area contributed by atoms with Crippen molar-refractivity contribution in [3.8, 4) is 0 Å². The predicted molar refractivity (Wildman–Crippen MR) is 99.6 cm³/mol. The zero-order valence-electron chi connectivity index (χ0n) is 15.6. The molecule has 6 heteroatoms. The highest BCUT2D eigenvalue weighted by Gasteiger charge is 2.23. The van der Waals surface area contributed by atoms with Crippen LogP contribution < -0.4 is 5.32 Å². The van der Waals surface area contributed by atoms with Gasteiger partial charge in [0.2, 0.25) is 0 Å². The molecule has 0 aliphatic rings. The molecule has 1 amide bonds. The van der Waals surface area contributed by atoms with Crippen LogP contribution in [0.2, 0.25) is 0 Å².